The third kappa shape index (κ3) is 5.69. The van der Waals surface area contributed by atoms with E-state index >= 15 is 0 Å². The largest absolute Gasteiger partial charge is 0.481 e. The number of benzene rings is 1. The number of rotatable bonds is 9. The molecule has 1 saturated heterocycles. The number of nitriles is 1. The number of aromatic nitrogens is 2. The van der Waals surface area contributed by atoms with Gasteiger partial charge in [0.25, 0.3) is 0 Å². The summed E-state index contributed by atoms with van der Waals surface area (Å²) < 4.78 is 8.03. The lowest BCUT2D eigenvalue weighted by molar-refractivity contribution is -0.137. The maximum atomic E-state index is 13.5. The van der Waals surface area contributed by atoms with Crippen LogP contribution in [0.15, 0.2) is 36.5 Å². The van der Waals surface area contributed by atoms with Gasteiger partial charge in [0.2, 0.25) is 0 Å². The van der Waals surface area contributed by atoms with Crippen LogP contribution < -0.4 is 4.90 Å². The number of anilines is 1. The van der Waals surface area contributed by atoms with Crippen LogP contribution in [0.4, 0.5) is 5.82 Å². The SMILES string of the molecule is C[C@H](CC(=O)O)CC(=O)c1c(N2CCC(OCc3cccc(Cl)c3)CC2)n(C)c2ncc(C#N)cc12. The lowest BCUT2D eigenvalue weighted by Crippen LogP contribution is -2.38. The van der Waals surface area contributed by atoms with Crippen LogP contribution in [-0.4, -0.2) is 45.6 Å². The number of carboxylic acid groups (broad SMARTS) is 1. The van der Waals surface area contributed by atoms with E-state index in [4.69, 9.17) is 21.4 Å². The van der Waals surface area contributed by atoms with E-state index in [0.717, 1.165) is 24.2 Å². The van der Waals surface area contributed by atoms with Gasteiger partial charge >= 0.3 is 5.97 Å². The molecule has 0 unspecified atom stereocenters. The van der Waals surface area contributed by atoms with Crippen molar-refractivity contribution in [3.8, 4) is 6.07 Å². The Morgan fingerprint density at radius 1 is 1.28 bits per heavy atom. The van der Waals surface area contributed by atoms with E-state index in [2.05, 4.69) is 16.0 Å². The summed E-state index contributed by atoms with van der Waals surface area (Å²) >= 11 is 6.07. The zero-order valence-corrected chi connectivity index (χ0v) is 21.2. The Hall–Kier alpha value is -3.41. The third-order valence-electron chi connectivity index (χ3n) is 6.58. The number of aliphatic carboxylic acids is 1. The maximum absolute atomic E-state index is 13.5. The van der Waals surface area contributed by atoms with Crippen LogP contribution in [0.1, 0.15) is 54.1 Å². The van der Waals surface area contributed by atoms with Gasteiger partial charge in [0.1, 0.15) is 17.5 Å². The highest BCUT2D eigenvalue weighted by Crippen LogP contribution is 2.35. The van der Waals surface area contributed by atoms with Gasteiger partial charge in [-0.25, -0.2) is 4.98 Å². The van der Waals surface area contributed by atoms with Crippen molar-refractivity contribution in [2.75, 3.05) is 18.0 Å². The predicted molar refractivity (Wildman–Crippen MR) is 137 cm³/mol. The number of hydrogen-bond acceptors (Lipinski definition) is 6. The molecule has 4 rings (SSSR count). The van der Waals surface area contributed by atoms with Crippen LogP contribution in [0.3, 0.4) is 0 Å². The van der Waals surface area contributed by atoms with E-state index in [1.807, 2.05) is 35.9 Å². The van der Waals surface area contributed by atoms with Crippen molar-refractivity contribution in [2.24, 2.45) is 13.0 Å². The van der Waals surface area contributed by atoms with Gasteiger partial charge in [0.05, 0.1) is 23.8 Å². The molecule has 1 aliphatic rings. The van der Waals surface area contributed by atoms with Crippen LogP contribution in [0, 0.1) is 17.2 Å². The number of Topliss-reactive ketones (excluding diaryl/α,β-unsaturated/α-hetero) is 1. The second-order valence-corrected chi connectivity index (χ2v) is 9.86. The summed E-state index contributed by atoms with van der Waals surface area (Å²) in [5.74, 6) is -0.619. The van der Waals surface area contributed by atoms with Gasteiger partial charge in [-0.2, -0.15) is 5.26 Å². The number of aryl methyl sites for hydroxylation is 1. The lowest BCUT2D eigenvalue weighted by Gasteiger charge is -2.34. The zero-order valence-electron chi connectivity index (χ0n) is 20.4. The Balaban J connectivity index is 1.56. The topological polar surface area (TPSA) is 108 Å². The van der Waals surface area contributed by atoms with Crippen molar-refractivity contribution in [3.63, 3.8) is 0 Å². The highest BCUT2D eigenvalue weighted by molar-refractivity contribution is 6.30. The molecule has 3 heterocycles. The summed E-state index contributed by atoms with van der Waals surface area (Å²) in [7, 11) is 1.87. The zero-order chi connectivity index (χ0) is 25.8. The number of nitrogens with zero attached hydrogens (tertiary/aromatic N) is 4. The smallest absolute Gasteiger partial charge is 0.303 e. The van der Waals surface area contributed by atoms with E-state index in [-0.39, 0.29) is 30.6 Å². The molecule has 36 heavy (non-hydrogen) atoms. The molecule has 1 aliphatic heterocycles. The standard InChI is InChI=1S/C27H29ClN4O4/c1-17(11-24(34)35)10-23(33)25-22-13-19(14-29)15-30-26(22)31(2)27(25)32-8-6-21(7-9-32)36-16-18-4-3-5-20(28)12-18/h3-5,12-13,15,17,21H,6-11,16H2,1-2H3,(H,34,35)/t17-/m0/s1. The fourth-order valence-corrected chi connectivity index (χ4v) is 5.08. The summed E-state index contributed by atoms with van der Waals surface area (Å²) in [5.41, 5.74) is 2.53. The molecule has 1 atom stereocenters. The summed E-state index contributed by atoms with van der Waals surface area (Å²) in [5, 5.41) is 19.8. The minimum atomic E-state index is -0.929. The van der Waals surface area contributed by atoms with Crippen molar-refractivity contribution in [1.29, 1.82) is 5.26 Å². The Morgan fingerprint density at radius 3 is 2.69 bits per heavy atom. The van der Waals surface area contributed by atoms with Gasteiger partial charge in [0.15, 0.2) is 5.78 Å². The molecule has 0 radical (unpaired) electrons. The molecule has 1 N–H and O–H groups in total. The number of carbonyl (C=O) groups is 2. The predicted octanol–water partition coefficient (Wildman–Crippen LogP) is 4.97. The van der Waals surface area contributed by atoms with E-state index in [0.29, 0.717) is 46.9 Å². The number of ketones is 1. The van der Waals surface area contributed by atoms with Gasteiger partial charge in [-0.15, -0.1) is 0 Å². The first-order chi connectivity index (χ1) is 17.3. The third-order valence-corrected chi connectivity index (χ3v) is 6.81. The molecule has 0 amide bonds. The van der Waals surface area contributed by atoms with E-state index < -0.39 is 5.97 Å². The number of carboxylic acids is 1. The number of pyridine rings is 1. The molecule has 0 saturated carbocycles. The molecule has 0 bridgehead atoms. The number of halogens is 1. The fraction of sp³-hybridized carbons (Fsp3) is 0.407. The number of piperidine rings is 1. The molecule has 3 aromatic rings. The van der Waals surface area contributed by atoms with E-state index in [1.54, 1.807) is 13.0 Å². The summed E-state index contributed by atoms with van der Waals surface area (Å²) in [6.07, 6.45) is 3.21. The van der Waals surface area contributed by atoms with Crippen LogP contribution in [0.5, 0.6) is 0 Å². The average Bonchev–Trinajstić information content (AvgIpc) is 3.14. The number of hydrogen-bond donors (Lipinski definition) is 1. The van der Waals surface area contributed by atoms with E-state index in [1.165, 1.54) is 6.20 Å². The molecular weight excluding hydrogens is 480 g/mol. The molecule has 2 aromatic heterocycles. The van der Waals surface area contributed by atoms with Crippen LogP contribution in [0.25, 0.3) is 11.0 Å². The van der Waals surface area contributed by atoms with Gasteiger partial charge in [-0.05, 0) is 42.5 Å². The van der Waals surface area contributed by atoms with Crippen molar-refractivity contribution < 1.29 is 19.4 Å². The molecule has 9 heteroatoms. The Labute approximate surface area is 215 Å². The average molecular weight is 509 g/mol. The normalized spacial score (nSPS) is 15.1. The van der Waals surface area contributed by atoms with Gasteiger partial charge in [-0.3, -0.25) is 9.59 Å². The summed E-state index contributed by atoms with van der Waals surface area (Å²) in [4.78, 5) is 31.3. The highest BCUT2D eigenvalue weighted by atomic mass is 35.5. The Bertz CT molecular complexity index is 1320. The minimum Gasteiger partial charge on any atom is -0.481 e. The first-order valence-corrected chi connectivity index (χ1v) is 12.4. The van der Waals surface area contributed by atoms with Gasteiger partial charge in [0, 0.05) is 49.6 Å². The summed E-state index contributed by atoms with van der Waals surface area (Å²) in [6.45, 7) is 3.64. The number of carbonyl (C=O) groups excluding carboxylic acids is 1. The first kappa shape index (κ1) is 25.7. The maximum Gasteiger partial charge on any atom is 0.303 e. The fourth-order valence-electron chi connectivity index (χ4n) is 4.87. The number of fused-ring (bicyclic) bond motifs is 1. The van der Waals surface area contributed by atoms with Crippen LogP contribution in [-0.2, 0) is 23.2 Å². The van der Waals surface area contributed by atoms with Crippen molar-refractivity contribution >= 4 is 40.2 Å². The molecule has 1 fully saturated rings. The number of ether oxygens (including phenoxy) is 1. The van der Waals surface area contributed by atoms with Crippen molar-refractivity contribution in [1.82, 2.24) is 9.55 Å². The quantitative estimate of drug-likeness (QED) is 0.406. The van der Waals surface area contributed by atoms with E-state index in [9.17, 15) is 14.9 Å². The Morgan fingerprint density at radius 2 is 2.03 bits per heavy atom. The van der Waals surface area contributed by atoms with Crippen LogP contribution >= 0.6 is 11.6 Å². The second kappa shape index (κ2) is 11.1. The molecule has 1 aromatic carbocycles. The second-order valence-electron chi connectivity index (χ2n) is 9.42. The minimum absolute atomic E-state index is 0.0805. The molecule has 188 valence electrons. The van der Waals surface area contributed by atoms with Crippen molar-refractivity contribution in [2.45, 2.75) is 45.3 Å². The van der Waals surface area contributed by atoms with Crippen molar-refractivity contribution in [3.05, 3.63) is 58.2 Å². The summed E-state index contributed by atoms with van der Waals surface area (Å²) in [6, 6.07) is 11.4. The molecule has 0 aliphatic carbocycles. The lowest BCUT2D eigenvalue weighted by atomic mass is 9.96. The highest BCUT2D eigenvalue weighted by Gasteiger charge is 2.30. The van der Waals surface area contributed by atoms with Gasteiger partial charge < -0.3 is 19.3 Å². The Kier molecular flexibility index (Phi) is 7.92. The van der Waals surface area contributed by atoms with Gasteiger partial charge in [-0.1, -0.05) is 30.7 Å². The molecular formula is C27H29ClN4O4. The van der Waals surface area contributed by atoms with Crippen LogP contribution in [0.2, 0.25) is 5.02 Å². The molecule has 8 nitrogen and oxygen atoms in total. The monoisotopic (exact) mass is 508 g/mol. The molecule has 0 spiro atoms. The first-order valence-electron chi connectivity index (χ1n) is 12.0.